The van der Waals surface area contributed by atoms with Gasteiger partial charge in [0, 0.05) is 6.42 Å². The van der Waals surface area contributed by atoms with Crippen molar-refractivity contribution < 1.29 is 27.7 Å². The third-order valence-electron chi connectivity index (χ3n) is 1.40. The number of carbonyl (C=O) groups is 1. The van der Waals surface area contributed by atoms with Gasteiger partial charge in [0.15, 0.2) is 0 Å². The maximum absolute atomic E-state index is 12.1. The largest absolute Gasteiger partial charge is 0.481 e. The van der Waals surface area contributed by atoms with Crippen molar-refractivity contribution in [1.29, 1.82) is 0 Å². The van der Waals surface area contributed by atoms with Crippen molar-refractivity contribution in [2.45, 2.75) is 19.0 Å². The molecule has 0 saturated carbocycles. The highest BCUT2D eigenvalue weighted by atomic mass is 19.4. The van der Waals surface area contributed by atoms with Crippen LogP contribution < -0.4 is 0 Å². The average Bonchev–Trinajstić information content (AvgIpc) is 2.46. The van der Waals surface area contributed by atoms with Crippen LogP contribution in [0.4, 0.5) is 13.2 Å². The average molecular weight is 210 g/mol. The smallest absolute Gasteiger partial charge is 0.438 e. The van der Waals surface area contributed by atoms with Gasteiger partial charge in [-0.1, -0.05) is 5.16 Å². The lowest BCUT2D eigenvalue weighted by molar-refractivity contribution is -0.144. The van der Waals surface area contributed by atoms with Crippen molar-refractivity contribution in [2.75, 3.05) is 0 Å². The van der Waals surface area contributed by atoms with E-state index in [2.05, 4.69) is 14.9 Å². The van der Waals surface area contributed by atoms with Gasteiger partial charge in [-0.15, -0.1) is 0 Å². The standard InChI is InChI=1S/C6H5F3N2O3/c7-6(8,9)5-3(10-14-11-5)1-2-4(12)13/h1-2H2,(H,12,13). The second-order valence-corrected chi connectivity index (χ2v) is 2.45. The summed E-state index contributed by atoms with van der Waals surface area (Å²) in [4.78, 5) is 10.1. The van der Waals surface area contributed by atoms with Crippen molar-refractivity contribution in [3.63, 3.8) is 0 Å². The molecule has 1 heterocycles. The first-order valence-corrected chi connectivity index (χ1v) is 3.51. The highest BCUT2D eigenvalue weighted by Gasteiger charge is 2.38. The van der Waals surface area contributed by atoms with E-state index in [9.17, 15) is 18.0 Å². The number of nitrogens with zero attached hydrogens (tertiary/aromatic N) is 2. The Morgan fingerprint density at radius 2 is 2.07 bits per heavy atom. The Labute approximate surface area is 75.5 Å². The molecule has 78 valence electrons. The number of halogens is 3. The fourth-order valence-electron chi connectivity index (χ4n) is 0.811. The van der Waals surface area contributed by atoms with Gasteiger partial charge in [0.05, 0.1) is 6.42 Å². The molecule has 0 saturated heterocycles. The number of rotatable bonds is 3. The number of carboxylic acid groups (broad SMARTS) is 1. The lowest BCUT2D eigenvalue weighted by atomic mass is 10.2. The molecule has 1 aromatic rings. The summed E-state index contributed by atoms with van der Waals surface area (Å²) in [7, 11) is 0. The van der Waals surface area contributed by atoms with Crippen LogP contribution in [0, 0.1) is 0 Å². The van der Waals surface area contributed by atoms with Gasteiger partial charge in [-0.2, -0.15) is 13.2 Å². The second kappa shape index (κ2) is 3.64. The first-order chi connectivity index (χ1) is 6.41. The van der Waals surface area contributed by atoms with E-state index in [1.807, 2.05) is 0 Å². The van der Waals surface area contributed by atoms with E-state index in [0.717, 1.165) is 0 Å². The summed E-state index contributed by atoms with van der Waals surface area (Å²) in [5.41, 5.74) is -1.75. The summed E-state index contributed by atoms with van der Waals surface area (Å²) in [5.74, 6) is -1.21. The summed E-state index contributed by atoms with van der Waals surface area (Å²) in [6.07, 6.45) is -5.46. The van der Waals surface area contributed by atoms with Crippen molar-refractivity contribution in [3.8, 4) is 0 Å². The minimum atomic E-state index is -4.66. The van der Waals surface area contributed by atoms with Crippen LogP contribution in [0.25, 0.3) is 0 Å². The molecule has 0 amide bonds. The molecule has 1 aromatic heterocycles. The Balaban J connectivity index is 2.78. The molecule has 0 aliphatic rings. The molecule has 0 aliphatic heterocycles. The molecule has 0 atom stereocenters. The van der Waals surface area contributed by atoms with Gasteiger partial charge in [-0.3, -0.25) is 4.79 Å². The minimum Gasteiger partial charge on any atom is -0.481 e. The zero-order chi connectivity index (χ0) is 10.8. The lowest BCUT2D eigenvalue weighted by Crippen LogP contribution is -2.10. The van der Waals surface area contributed by atoms with Crippen molar-refractivity contribution in [1.82, 2.24) is 10.3 Å². The van der Waals surface area contributed by atoms with E-state index in [1.165, 1.54) is 0 Å². The molecule has 0 aliphatic carbocycles. The van der Waals surface area contributed by atoms with Crippen LogP contribution in [0.5, 0.6) is 0 Å². The SMILES string of the molecule is O=C(O)CCc1nonc1C(F)(F)F. The fraction of sp³-hybridized carbons (Fsp3) is 0.500. The minimum absolute atomic E-state index is 0.353. The molecule has 1 rings (SSSR count). The molecule has 0 bridgehead atoms. The first-order valence-electron chi connectivity index (χ1n) is 3.51. The molecule has 0 unspecified atom stereocenters. The summed E-state index contributed by atoms with van der Waals surface area (Å²) >= 11 is 0. The molecule has 0 fully saturated rings. The molecule has 8 heteroatoms. The maximum Gasteiger partial charge on any atom is 0.438 e. The Morgan fingerprint density at radius 3 is 2.57 bits per heavy atom. The van der Waals surface area contributed by atoms with Gasteiger partial charge in [-0.05, 0) is 5.16 Å². The van der Waals surface area contributed by atoms with Crippen LogP contribution in [-0.2, 0) is 17.4 Å². The predicted molar refractivity (Wildman–Crippen MR) is 35.3 cm³/mol. The van der Waals surface area contributed by atoms with Gasteiger partial charge >= 0.3 is 12.1 Å². The lowest BCUT2D eigenvalue weighted by Gasteiger charge is -2.01. The third-order valence-corrected chi connectivity index (χ3v) is 1.40. The van der Waals surface area contributed by atoms with Gasteiger partial charge in [0.1, 0.15) is 5.69 Å². The predicted octanol–water partition coefficient (Wildman–Crippen LogP) is 1.11. The van der Waals surface area contributed by atoms with Gasteiger partial charge in [0.2, 0.25) is 5.69 Å². The zero-order valence-electron chi connectivity index (χ0n) is 6.71. The second-order valence-electron chi connectivity index (χ2n) is 2.45. The number of alkyl halides is 3. The Hall–Kier alpha value is -1.60. The normalized spacial score (nSPS) is 11.6. The molecule has 14 heavy (non-hydrogen) atoms. The van der Waals surface area contributed by atoms with E-state index in [0.29, 0.717) is 0 Å². The molecule has 0 radical (unpaired) electrons. The molecular formula is C6H5F3N2O3. The van der Waals surface area contributed by atoms with Crippen LogP contribution in [-0.4, -0.2) is 21.4 Å². The molecule has 0 spiro atoms. The number of aryl methyl sites for hydroxylation is 1. The topological polar surface area (TPSA) is 76.2 Å². The Bertz CT molecular complexity index is 333. The molecule has 5 nitrogen and oxygen atoms in total. The molecule has 1 N–H and O–H groups in total. The Kier molecular flexibility index (Phi) is 2.73. The summed E-state index contributed by atoms with van der Waals surface area (Å²) in [5, 5.41) is 13.9. The highest BCUT2D eigenvalue weighted by Crippen LogP contribution is 2.29. The van der Waals surface area contributed by atoms with Gasteiger partial charge in [0.25, 0.3) is 0 Å². The summed E-state index contributed by atoms with van der Waals surface area (Å²) in [6, 6.07) is 0. The van der Waals surface area contributed by atoms with E-state index in [-0.39, 0.29) is 6.42 Å². The van der Waals surface area contributed by atoms with Crippen LogP contribution >= 0.6 is 0 Å². The van der Waals surface area contributed by atoms with Crippen molar-refractivity contribution in [3.05, 3.63) is 11.4 Å². The summed E-state index contributed by atoms with van der Waals surface area (Å²) in [6.45, 7) is 0. The van der Waals surface area contributed by atoms with Crippen molar-refractivity contribution >= 4 is 5.97 Å². The number of aromatic nitrogens is 2. The van der Waals surface area contributed by atoms with Crippen LogP contribution in [0.15, 0.2) is 4.63 Å². The highest BCUT2D eigenvalue weighted by molar-refractivity contribution is 5.67. The van der Waals surface area contributed by atoms with Gasteiger partial charge in [-0.25, -0.2) is 4.63 Å². The van der Waals surface area contributed by atoms with E-state index >= 15 is 0 Å². The van der Waals surface area contributed by atoms with E-state index in [1.54, 1.807) is 0 Å². The number of carboxylic acids is 1. The van der Waals surface area contributed by atoms with Gasteiger partial charge < -0.3 is 5.11 Å². The van der Waals surface area contributed by atoms with E-state index in [4.69, 9.17) is 5.11 Å². The quantitative estimate of drug-likeness (QED) is 0.808. The first kappa shape index (κ1) is 10.5. The van der Waals surface area contributed by atoms with Crippen LogP contribution in [0.2, 0.25) is 0 Å². The van der Waals surface area contributed by atoms with Crippen LogP contribution in [0.3, 0.4) is 0 Å². The number of hydrogen-bond donors (Lipinski definition) is 1. The summed E-state index contributed by atoms with van der Waals surface area (Å²) < 4.78 is 40.2. The third kappa shape index (κ3) is 2.44. The maximum atomic E-state index is 12.1. The van der Waals surface area contributed by atoms with Crippen molar-refractivity contribution in [2.24, 2.45) is 0 Å². The zero-order valence-corrected chi connectivity index (χ0v) is 6.71. The fourth-order valence-corrected chi connectivity index (χ4v) is 0.811. The number of hydrogen-bond acceptors (Lipinski definition) is 4. The number of aliphatic carboxylic acids is 1. The molecule has 0 aromatic carbocycles. The van der Waals surface area contributed by atoms with E-state index < -0.39 is 30.0 Å². The van der Waals surface area contributed by atoms with Crippen LogP contribution in [0.1, 0.15) is 17.8 Å². The monoisotopic (exact) mass is 210 g/mol. The molecular weight excluding hydrogens is 205 g/mol. The Morgan fingerprint density at radius 1 is 1.43 bits per heavy atom.